The predicted octanol–water partition coefficient (Wildman–Crippen LogP) is 0.761. The second-order valence-electron chi connectivity index (χ2n) is 4.78. The maximum Gasteiger partial charge on any atom is 0.239 e. The van der Waals surface area contributed by atoms with E-state index in [9.17, 15) is 9.59 Å². The van der Waals surface area contributed by atoms with E-state index in [0.717, 1.165) is 12.0 Å². The van der Waals surface area contributed by atoms with E-state index in [1.165, 1.54) is 0 Å². The van der Waals surface area contributed by atoms with Gasteiger partial charge in [0.1, 0.15) is 0 Å². The van der Waals surface area contributed by atoms with Crippen molar-refractivity contribution in [3.05, 3.63) is 35.9 Å². The Kier molecular flexibility index (Phi) is 7.35. The van der Waals surface area contributed by atoms with Crippen LogP contribution >= 0.6 is 0 Å². The molecule has 0 bridgehead atoms. The summed E-state index contributed by atoms with van der Waals surface area (Å²) in [5.41, 5.74) is 1.16. The van der Waals surface area contributed by atoms with Crippen molar-refractivity contribution in [1.29, 1.82) is 0 Å². The molecule has 0 atom stereocenters. The largest absolute Gasteiger partial charge is 0.355 e. The van der Waals surface area contributed by atoms with Crippen LogP contribution in [0.25, 0.3) is 0 Å². The first-order valence-electron chi connectivity index (χ1n) is 6.87. The highest BCUT2D eigenvalue weighted by molar-refractivity contribution is 5.85. The van der Waals surface area contributed by atoms with Gasteiger partial charge in [-0.15, -0.1) is 0 Å². The molecule has 20 heavy (non-hydrogen) atoms. The van der Waals surface area contributed by atoms with Crippen molar-refractivity contribution >= 4 is 11.8 Å². The molecule has 5 heteroatoms. The van der Waals surface area contributed by atoms with Crippen molar-refractivity contribution in [3.8, 4) is 0 Å². The third-order valence-corrected chi connectivity index (χ3v) is 2.73. The van der Waals surface area contributed by atoms with Crippen LogP contribution in [0.15, 0.2) is 30.3 Å². The van der Waals surface area contributed by atoms with Gasteiger partial charge in [0, 0.05) is 13.1 Å². The summed E-state index contributed by atoms with van der Waals surface area (Å²) in [4.78, 5) is 24.9. The van der Waals surface area contributed by atoms with E-state index in [4.69, 9.17) is 0 Å². The minimum Gasteiger partial charge on any atom is -0.355 e. The lowest BCUT2D eigenvalue weighted by Gasteiger charge is -2.16. The average molecular weight is 277 g/mol. The average Bonchev–Trinajstić information content (AvgIpc) is 2.43. The molecule has 0 aliphatic carbocycles. The maximum atomic E-state index is 11.7. The smallest absolute Gasteiger partial charge is 0.239 e. The second-order valence-corrected chi connectivity index (χ2v) is 4.78. The maximum absolute atomic E-state index is 11.7. The molecule has 2 amide bonds. The summed E-state index contributed by atoms with van der Waals surface area (Å²) in [6.45, 7) is 3.64. The molecule has 0 saturated heterocycles. The molecular weight excluding hydrogens is 254 g/mol. The Morgan fingerprint density at radius 2 is 1.80 bits per heavy atom. The SMILES string of the molecule is CCCNC(=O)CNC(=O)CN(C)Cc1ccccc1. The molecule has 0 spiro atoms. The number of hydrogen-bond acceptors (Lipinski definition) is 3. The fourth-order valence-corrected chi connectivity index (χ4v) is 1.76. The van der Waals surface area contributed by atoms with Crippen LogP contribution in [0.1, 0.15) is 18.9 Å². The number of benzene rings is 1. The number of nitrogens with one attached hydrogen (secondary N) is 2. The van der Waals surface area contributed by atoms with Gasteiger partial charge >= 0.3 is 0 Å². The van der Waals surface area contributed by atoms with E-state index in [1.807, 2.05) is 49.2 Å². The third-order valence-electron chi connectivity index (χ3n) is 2.73. The number of likely N-dealkylation sites (N-methyl/N-ethyl adjacent to an activating group) is 1. The highest BCUT2D eigenvalue weighted by atomic mass is 16.2. The molecule has 0 radical (unpaired) electrons. The number of carbonyl (C=O) groups excluding carboxylic acids is 2. The van der Waals surface area contributed by atoms with Crippen LogP contribution in [0.5, 0.6) is 0 Å². The molecule has 1 rings (SSSR count). The van der Waals surface area contributed by atoms with Crippen LogP contribution in [0.2, 0.25) is 0 Å². The Bertz CT molecular complexity index is 420. The zero-order valence-electron chi connectivity index (χ0n) is 12.2. The van der Waals surface area contributed by atoms with Crippen molar-refractivity contribution in [2.24, 2.45) is 0 Å². The summed E-state index contributed by atoms with van der Waals surface area (Å²) in [6.07, 6.45) is 0.888. The fourth-order valence-electron chi connectivity index (χ4n) is 1.76. The summed E-state index contributed by atoms with van der Waals surface area (Å²) >= 11 is 0. The molecule has 0 fully saturated rings. The lowest BCUT2D eigenvalue weighted by atomic mass is 10.2. The number of hydrogen-bond donors (Lipinski definition) is 2. The molecule has 0 aliphatic heterocycles. The Morgan fingerprint density at radius 1 is 1.10 bits per heavy atom. The van der Waals surface area contributed by atoms with Crippen molar-refractivity contribution in [2.75, 3.05) is 26.7 Å². The Balaban J connectivity index is 2.23. The van der Waals surface area contributed by atoms with E-state index >= 15 is 0 Å². The van der Waals surface area contributed by atoms with E-state index < -0.39 is 0 Å². The van der Waals surface area contributed by atoms with E-state index in [2.05, 4.69) is 10.6 Å². The van der Waals surface area contributed by atoms with Gasteiger partial charge in [-0.1, -0.05) is 37.3 Å². The Morgan fingerprint density at radius 3 is 2.45 bits per heavy atom. The van der Waals surface area contributed by atoms with E-state index in [-0.39, 0.29) is 24.9 Å². The lowest BCUT2D eigenvalue weighted by molar-refractivity contribution is -0.126. The van der Waals surface area contributed by atoms with Crippen LogP contribution < -0.4 is 10.6 Å². The molecule has 2 N–H and O–H groups in total. The van der Waals surface area contributed by atoms with E-state index in [1.54, 1.807) is 0 Å². The minimum absolute atomic E-state index is 0.0397. The first-order chi connectivity index (χ1) is 9.61. The summed E-state index contributed by atoms with van der Waals surface area (Å²) in [6, 6.07) is 9.95. The summed E-state index contributed by atoms with van der Waals surface area (Å²) in [5, 5.41) is 5.33. The monoisotopic (exact) mass is 277 g/mol. The first kappa shape index (κ1) is 16.2. The quantitative estimate of drug-likeness (QED) is 0.737. The van der Waals surface area contributed by atoms with Gasteiger partial charge in [0.05, 0.1) is 13.1 Å². The van der Waals surface area contributed by atoms with Gasteiger partial charge in [-0.2, -0.15) is 0 Å². The first-order valence-corrected chi connectivity index (χ1v) is 6.87. The topological polar surface area (TPSA) is 61.4 Å². The number of nitrogens with zero attached hydrogens (tertiary/aromatic N) is 1. The van der Waals surface area contributed by atoms with Crippen LogP contribution in [-0.4, -0.2) is 43.4 Å². The molecule has 0 saturated carbocycles. The highest BCUT2D eigenvalue weighted by Crippen LogP contribution is 2.01. The Hall–Kier alpha value is -1.88. The normalized spacial score (nSPS) is 10.3. The standard InChI is InChI=1S/C15H23N3O2/c1-3-9-16-14(19)10-17-15(20)12-18(2)11-13-7-5-4-6-8-13/h4-8H,3,9-12H2,1-2H3,(H,16,19)(H,17,20). The molecular formula is C15H23N3O2. The number of carbonyl (C=O) groups is 2. The minimum atomic E-state index is -0.147. The van der Waals surface area contributed by atoms with Crippen LogP contribution in [0.4, 0.5) is 0 Å². The van der Waals surface area contributed by atoms with Gasteiger partial charge in [0.2, 0.25) is 11.8 Å². The van der Waals surface area contributed by atoms with Gasteiger partial charge in [-0.05, 0) is 19.0 Å². The number of amides is 2. The van der Waals surface area contributed by atoms with Gasteiger partial charge in [0.25, 0.3) is 0 Å². The molecule has 1 aromatic carbocycles. The summed E-state index contributed by atoms with van der Waals surface area (Å²) in [7, 11) is 1.88. The number of rotatable bonds is 8. The zero-order chi connectivity index (χ0) is 14.8. The van der Waals surface area contributed by atoms with E-state index in [0.29, 0.717) is 13.1 Å². The van der Waals surface area contributed by atoms with Gasteiger partial charge < -0.3 is 10.6 Å². The molecule has 5 nitrogen and oxygen atoms in total. The molecule has 110 valence electrons. The molecule has 0 heterocycles. The van der Waals surface area contributed by atoms with Crippen molar-refractivity contribution in [1.82, 2.24) is 15.5 Å². The summed E-state index contributed by atoms with van der Waals surface area (Å²) in [5.74, 6) is -0.291. The van der Waals surface area contributed by atoms with Crippen molar-refractivity contribution < 1.29 is 9.59 Å². The predicted molar refractivity (Wildman–Crippen MR) is 79.1 cm³/mol. The lowest BCUT2D eigenvalue weighted by Crippen LogP contribution is -2.41. The fraction of sp³-hybridized carbons (Fsp3) is 0.467. The van der Waals surface area contributed by atoms with Crippen LogP contribution in [-0.2, 0) is 16.1 Å². The Labute approximate surface area is 120 Å². The highest BCUT2D eigenvalue weighted by Gasteiger charge is 2.08. The molecule has 0 aromatic heterocycles. The molecule has 0 aliphatic rings. The molecule has 0 unspecified atom stereocenters. The van der Waals surface area contributed by atoms with Crippen molar-refractivity contribution in [2.45, 2.75) is 19.9 Å². The summed E-state index contributed by atoms with van der Waals surface area (Å²) < 4.78 is 0. The van der Waals surface area contributed by atoms with Gasteiger partial charge in [-0.3, -0.25) is 14.5 Å². The van der Waals surface area contributed by atoms with Gasteiger partial charge in [-0.25, -0.2) is 0 Å². The van der Waals surface area contributed by atoms with Crippen LogP contribution in [0, 0.1) is 0 Å². The van der Waals surface area contributed by atoms with Gasteiger partial charge in [0.15, 0.2) is 0 Å². The zero-order valence-corrected chi connectivity index (χ0v) is 12.2. The molecule has 1 aromatic rings. The third kappa shape index (κ3) is 6.89. The van der Waals surface area contributed by atoms with Crippen LogP contribution in [0.3, 0.4) is 0 Å². The van der Waals surface area contributed by atoms with Crippen molar-refractivity contribution in [3.63, 3.8) is 0 Å². The second kappa shape index (κ2) is 9.09.